The van der Waals surface area contributed by atoms with E-state index in [0.717, 1.165) is 25.0 Å². The van der Waals surface area contributed by atoms with Crippen molar-refractivity contribution in [2.75, 3.05) is 6.54 Å². The maximum absolute atomic E-state index is 13.0. The lowest BCUT2D eigenvalue weighted by Gasteiger charge is -2.29. The van der Waals surface area contributed by atoms with Gasteiger partial charge < -0.3 is 15.2 Å². The standard InChI is InChI=1S/C21H24F3NO3/c1-3-5-13-25-19(26)28-18-11-9-15(10-12-18)20(27,4-2)16-7-6-8-17(14-16)21(22,23)24/h6-12,14,27H,3-5,13H2,1-2H3,(H,25,26). The zero-order valence-corrected chi connectivity index (χ0v) is 15.8. The van der Waals surface area contributed by atoms with E-state index < -0.39 is 23.4 Å². The van der Waals surface area contributed by atoms with Crippen molar-refractivity contribution in [3.63, 3.8) is 0 Å². The summed E-state index contributed by atoms with van der Waals surface area (Å²) in [5.74, 6) is 0.278. The van der Waals surface area contributed by atoms with Gasteiger partial charge in [-0.1, -0.05) is 44.5 Å². The van der Waals surface area contributed by atoms with Crippen LogP contribution in [0.4, 0.5) is 18.0 Å². The molecule has 2 aromatic rings. The summed E-state index contributed by atoms with van der Waals surface area (Å²) in [4.78, 5) is 11.7. The molecular formula is C21H24F3NO3. The lowest BCUT2D eigenvalue weighted by atomic mass is 9.83. The van der Waals surface area contributed by atoms with Crippen LogP contribution in [-0.4, -0.2) is 17.7 Å². The fraction of sp³-hybridized carbons (Fsp3) is 0.381. The Hall–Kier alpha value is -2.54. The van der Waals surface area contributed by atoms with Gasteiger partial charge in [0, 0.05) is 6.54 Å². The van der Waals surface area contributed by atoms with E-state index >= 15 is 0 Å². The minimum Gasteiger partial charge on any atom is -0.410 e. The number of amides is 1. The second-order valence-electron chi connectivity index (χ2n) is 6.49. The zero-order chi connectivity index (χ0) is 20.8. The SMILES string of the molecule is CCCCNC(=O)Oc1ccc(C(O)(CC)c2cccc(C(F)(F)F)c2)cc1. The Labute approximate surface area is 162 Å². The van der Waals surface area contributed by atoms with Crippen LogP contribution in [0.2, 0.25) is 0 Å². The van der Waals surface area contributed by atoms with Gasteiger partial charge in [-0.15, -0.1) is 0 Å². The number of hydrogen-bond acceptors (Lipinski definition) is 3. The van der Waals surface area contributed by atoms with E-state index in [2.05, 4.69) is 5.32 Å². The lowest BCUT2D eigenvalue weighted by molar-refractivity contribution is -0.137. The minimum atomic E-state index is -4.49. The first kappa shape index (κ1) is 21.8. The van der Waals surface area contributed by atoms with Crippen molar-refractivity contribution in [2.24, 2.45) is 0 Å². The third-order valence-electron chi connectivity index (χ3n) is 4.52. The van der Waals surface area contributed by atoms with Gasteiger partial charge >= 0.3 is 12.3 Å². The molecule has 0 fully saturated rings. The molecule has 2 N–H and O–H groups in total. The molecule has 28 heavy (non-hydrogen) atoms. The van der Waals surface area contributed by atoms with Crippen molar-refractivity contribution < 1.29 is 27.8 Å². The van der Waals surface area contributed by atoms with Gasteiger partial charge in [-0.05, 0) is 48.2 Å². The van der Waals surface area contributed by atoms with Gasteiger partial charge in [0.15, 0.2) is 0 Å². The van der Waals surface area contributed by atoms with Crippen LogP contribution in [0.15, 0.2) is 48.5 Å². The molecule has 0 aromatic heterocycles. The fourth-order valence-corrected chi connectivity index (χ4v) is 2.84. The number of carbonyl (C=O) groups is 1. The van der Waals surface area contributed by atoms with E-state index in [1.54, 1.807) is 19.1 Å². The van der Waals surface area contributed by atoms with Gasteiger partial charge in [0.05, 0.1) is 5.56 Å². The van der Waals surface area contributed by atoms with E-state index in [-0.39, 0.29) is 17.7 Å². The molecule has 0 spiro atoms. The smallest absolute Gasteiger partial charge is 0.410 e. The van der Waals surface area contributed by atoms with Crippen molar-refractivity contribution in [3.8, 4) is 5.75 Å². The molecule has 152 valence electrons. The molecule has 0 aliphatic carbocycles. The highest BCUT2D eigenvalue weighted by Crippen LogP contribution is 2.37. The monoisotopic (exact) mass is 395 g/mol. The Morgan fingerprint density at radius 2 is 1.68 bits per heavy atom. The average molecular weight is 395 g/mol. The fourth-order valence-electron chi connectivity index (χ4n) is 2.84. The van der Waals surface area contributed by atoms with Crippen molar-refractivity contribution in [2.45, 2.75) is 44.9 Å². The van der Waals surface area contributed by atoms with Crippen LogP contribution in [-0.2, 0) is 11.8 Å². The number of carbonyl (C=O) groups excluding carboxylic acids is 1. The maximum atomic E-state index is 13.0. The van der Waals surface area contributed by atoms with Gasteiger partial charge in [-0.3, -0.25) is 0 Å². The average Bonchev–Trinajstić information content (AvgIpc) is 2.67. The van der Waals surface area contributed by atoms with Gasteiger partial charge in [0.25, 0.3) is 0 Å². The van der Waals surface area contributed by atoms with Crippen LogP contribution >= 0.6 is 0 Å². The number of alkyl halides is 3. The molecule has 2 aromatic carbocycles. The number of ether oxygens (including phenoxy) is 1. The first-order valence-electron chi connectivity index (χ1n) is 9.17. The largest absolute Gasteiger partial charge is 0.416 e. The van der Waals surface area contributed by atoms with E-state index in [4.69, 9.17) is 4.74 Å². The van der Waals surface area contributed by atoms with Gasteiger partial charge in [0.2, 0.25) is 0 Å². The first-order valence-corrected chi connectivity index (χ1v) is 9.17. The number of aliphatic hydroxyl groups is 1. The number of halogens is 3. The number of hydrogen-bond donors (Lipinski definition) is 2. The number of benzene rings is 2. The summed E-state index contributed by atoms with van der Waals surface area (Å²) in [6.45, 7) is 4.20. The molecule has 4 nitrogen and oxygen atoms in total. The second-order valence-corrected chi connectivity index (χ2v) is 6.49. The molecule has 0 bridgehead atoms. The Morgan fingerprint density at radius 1 is 1.04 bits per heavy atom. The summed E-state index contributed by atoms with van der Waals surface area (Å²) in [6.07, 6.45) is -3.11. The van der Waals surface area contributed by atoms with Crippen LogP contribution in [0.25, 0.3) is 0 Å². The van der Waals surface area contributed by atoms with E-state index in [0.29, 0.717) is 12.1 Å². The molecule has 1 atom stereocenters. The Kier molecular flexibility index (Phi) is 7.07. The molecular weight excluding hydrogens is 371 g/mol. The molecule has 1 amide bonds. The Balaban J connectivity index is 2.21. The van der Waals surface area contributed by atoms with Crippen molar-refractivity contribution in [1.29, 1.82) is 0 Å². The normalized spacial score (nSPS) is 13.6. The van der Waals surface area contributed by atoms with Crippen molar-refractivity contribution >= 4 is 6.09 Å². The van der Waals surface area contributed by atoms with E-state index in [1.807, 2.05) is 6.92 Å². The van der Waals surface area contributed by atoms with Gasteiger partial charge in [-0.2, -0.15) is 13.2 Å². The summed E-state index contributed by atoms with van der Waals surface area (Å²) in [7, 11) is 0. The molecule has 0 heterocycles. The lowest BCUT2D eigenvalue weighted by Crippen LogP contribution is -2.28. The molecule has 0 aliphatic heterocycles. The predicted octanol–water partition coefficient (Wildman–Crippen LogP) is 5.24. The highest BCUT2D eigenvalue weighted by Gasteiger charge is 2.34. The summed E-state index contributed by atoms with van der Waals surface area (Å²) in [5, 5.41) is 13.7. The Bertz CT molecular complexity index is 790. The van der Waals surface area contributed by atoms with Crippen LogP contribution < -0.4 is 10.1 Å². The zero-order valence-electron chi connectivity index (χ0n) is 15.8. The second kappa shape index (κ2) is 9.10. The number of unbranched alkanes of at least 4 members (excludes halogenated alkanes) is 1. The van der Waals surface area contributed by atoms with Crippen molar-refractivity contribution in [3.05, 3.63) is 65.2 Å². The molecule has 0 aliphatic rings. The molecule has 7 heteroatoms. The van der Waals surface area contributed by atoms with Gasteiger partial charge in [0.1, 0.15) is 11.4 Å². The van der Waals surface area contributed by atoms with Crippen LogP contribution in [0.1, 0.15) is 49.8 Å². The van der Waals surface area contributed by atoms with Crippen LogP contribution in [0, 0.1) is 0 Å². The molecule has 2 rings (SSSR count). The molecule has 1 unspecified atom stereocenters. The minimum absolute atomic E-state index is 0.149. The molecule has 0 radical (unpaired) electrons. The van der Waals surface area contributed by atoms with E-state index in [9.17, 15) is 23.1 Å². The summed E-state index contributed by atoms with van der Waals surface area (Å²) in [6, 6.07) is 10.7. The molecule has 0 saturated heterocycles. The Morgan fingerprint density at radius 3 is 2.25 bits per heavy atom. The number of nitrogens with one attached hydrogen (secondary N) is 1. The topological polar surface area (TPSA) is 58.6 Å². The summed E-state index contributed by atoms with van der Waals surface area (Å²) in [5.41, 5.74) is -1.85. The highest BCUT2D eigenvalue weighted by atomic mass is 19.4. The van der Waals surface area contributed by atoms with Crippen molar-refractivity contribution in [1.82, 2.24) is 5.32 Å². The van der Waals surface area contributed by atoms with Crippen LogP contribution in [0.5, 0.6) is 5.75 Å². The quantitative estimate of drug-likeness (QED) is 0.631. The first-order chi connectivity index (χ1) is 13.2. The summed E-state index contributed by atoms with van der Waals surface area (Å²) >= 11 is 0. The number of rotatable bonds is 7. The highest BCUT2D eigenvalue weighted by molar-refractivity contribution is 5.70. The summed E-state index contributed by atoms with van der Waals surface area (Å²) < 4.78 is 44.2. The van der Waals surface area contributed by atoms with E-state index in [1.165, 1.54) is 24.3 Å². The third kappa shape index (κ3) is 5.25. The van der Waals surface area contributed by atoms with Gasteiger partial charge in [-0.25, -0.2) is 4.79 Å². The third-order valence-corrected chi connectivity index (χ3v) is 4.52. The maximum Gasteiger partial charge on any atom is 0.416 e. The molecule has 0 saturated carbocycles. The van der Waals surface area contributed by atoms with Crippen LogP contribution in [0.3, 0.4) is 0 Å². The predicted molar refractivity (Wildman–Crippen MR) is 100 cm³/mol.